The van der Waals surface area contributed by atoms with E-state index in [1.807, 2.05) is 32.3 Å². The van der Waals surface area contributed by atoms with E-state index in [-0.39, 0.29) is 11.9 Å². The molecule has 2 rings (SSSR count). The average molecular weight is 369 g/mol. The lowest BCUT2D eigenvalue weighted by molar-refractivity contribution is 0.0940. The first-order valence-electron chi connectivity index (χ1n) is 8.90. The van der Waals surface area contributed by atoms with Crippen molar-refractivity contribution in [3.05, 3.63) is 53.6 Å². The molecule has 0 saturated heterocycles. The second-order valence-corrected chi connectivity index (χ2v) is 6.60. The van der Waals surface area contributed by atoms with E-state index in [1.54, 1.807) is 24.3 Å². The number of primary amides is 1. The molecule has 2 aromatic rings. The number of methoxy groups -OCH3 is 1. The molecule has 3 N–H and O–H groups in total. The second-order valence-electron chi connectivity index (χ2n) is 6.60. The van der Waals surface area contributed by atoms with Gasteiger partial charge in [0.1, 0.15) is 5.75 Å². The highest BCUT2D eigenvalue weighted by atomic mass is 16.5. The van der Waals surface area contributed by atoms with Crippen molar-refractivity contribution < 1.29 is 14.3 Å². The zero-order valence-corrected chi connectivity index (χ0v) is 16.3. The smallest absolute Gasteiger partial charge is 0.252 e. The summed E-state index contributed by atoms with van der Waals surface area (Å²) in [6, 6.07) is 12.8. The maximum absolute atomic E-state index is 12.5. The number of nitrogens with two attached hydrogens (primary N) is 1. The van der Waals surface area contributed by atoms with Gasteiger partial charge >= 0.3 is 0 Å². The first kappa shape index (κ1) is 20.5. The van der Waals surface area contributed by atoms with Crippen molar-refractivity contribution in [2.75, 3.05) is 27.7 Å². The van der Waals surface area contributed by atoms with Crippen molar-refractivity contribution in [2.24, 2.45) is 5.73 Å². The predicted molar refractivity (Wildman–Crippen MR) is 107 cm³/mol. The summed E-state index contributed by atoms with van der Waals surface area (Å²) in [5.74, 6) is -0.257. The maximum atomic E-state index is 12.5. The van der Waals surface area contributed by atoms with E-state index in [9.17, 15) is 9.59 Å². The lowest BCUT2D eigenvalue weighted by Gasteiger charge is -2.23. The molecule has 0 bridgehead atoms. The van der Waals surface area contributed by atoms with Gasteiger partial charge in [-0.3, -0.25) is 9.59 Å². The standard InChI is InChI=1S/C21H27N3O3/c1-5-17(24(2)3)13-23-21(26)16-8-6-7-14(11-16)15-9-10-19(27-4)18(12-15)20(22)25/h6-12,17H,5,13H2,1-4H3,(H2,22,25)(H,23,26)/t17-/m1/s1. The van der Waals surface area contributed by atoms with Gasteiger partial charge in [-0.2, -0.15) is 0 Å². The minimum atomic E-state index is -0.558. The van der Waals surface area contributed by atoms with Gasteiger partial charge in [0.15, 0.2) is 0 Å². The van der Waals surface area contributed by atoms with Gasteiger partial charge in [-0.25, -0.2) is 0 Å². The maximum Gasteiger partial charge on any atom is 0.252 e. The molecule has 0 saturated carbocycles. The number of ether oxygens (including phenoxy) is 1. The van der Waals surface area contributed by atoms with Crippen molar-refractivity contribution in [2.45, 2.75) is 19.4 Å². The molecular formula is C21H27N3O3. The number of hydrogen-bond donors (Lipinski definition) is 2. The largest absolute Gasteiger partial charge is 0.496 e. The quantitative estimate of drug-likeness (QED) is 0.749. The molecule has 0 aliphatic rings. The number of nitrogens with one attached hydrogen (secondary N) is 1. The monoisotopic (exact) mass is 369 g/mol. The summed E-state index contributed by atoms with van der Waals surface area (Å²) in [6.07, 6.45) is 0.953. The van der Waals surface area contributed by atoms with Crippen LogP contribution in [0.5, 0.6) is 5.75 Å². The number of carbonyl (C=O) groups excluding carboxylic acids is 2. The molecule has 0 spiro atoms. The van der Waals surface area contributed by atoms with E-state index < -0.39 is 5.91 Å². The molecule has 2 amide bonds. The van der Waals surface area contributed by atoms with Crippen LogP contribution in [0.25, 0.3) is 11.1 Å². The van der Waals surface area contributed by atoms with E-state index >= 15 is 0 Å². The zero-order chi connectivity index (χ0) is 20.0. The molecule has 0 aliphatic heterocycles. The summed E-state index contributed by atoms with van der Waals surface area (Å²) in [4.78, 5) is 26.3. The van der Waals surface area contributed by atoms with Gasteiger partial charge in [-0.05, 0) is 55.9 Å². The van der Waals surface area contributed by atoms with Crippen molar-refractivity contribution in [3.63, 3.8) is 0 Å². The SMILES string of the molecule is CC[C@H](CNC(=O)c1cccc(-c2ccc(OC)c(C(N)=O)c2)c1)N(C)C. The van der Waals surface area contributed by atoms with E-state index in [2.05, 4.69) is 17.1 Å². The number of likely N-dealkylation sites (N-methyl/N-ethyl adjacent to an activating group) is 1. The molecular weight excluding hydrogens is 342 g/mol. The zero-order valence-electron chi connectivity index (χ0n) is 16.3. The first-order valence-corrected chi connectivity index (χ1v) is 8.90. The highest BCUT2D eigenvalue weighted by Crippen LogP contribution is 2.27. The molecule has 1 atom stereocenters. The number of nitrogens with zero attached hydrogens (tertiary/aromatic N) is 1. The summed E-state index contributed by atoms with van der Waals surface area (Å²) in [5.41, 5.74) is 7.92. The van der Waals surface area contributed by atoms with Crippen LogP contribution in [0.15, 0.2) is 42.5 Å². The first-order chi connectivity index (χ1) is 12.9. The number of hydrogen-bond acceptors (Lipinski definition) is 4. The molecule has 0 aliphatic carbocycles. The van der Waals surface area contributed by atoms with Crippen LogP contribution < -0.4 is 15.8 Å². The highest BCUT2D eigenvalue weighted by molar-refractivity contribution is 5.98. The lowest BCUT2D eigenvalue weighted by atomic mass is 10.00. The molecule has 0 aromatic heterocycles. The predicted octanol–water partition coefficient (Wildman–Crippen LogP) is 2.53. The lowest BCUT2D eigenvalue weighted by Crippen LogP contribution is -2.39. The Morgan fingerprint density at radius 2 is 1.85 bits per heavy atom. The van der Waals surface area contributed by atoms with E-state index in [0.717, 1.165) is 17.5 Å². The third-order valence-corrected chi connectivity index (χ3v) is 4.62. The van der Waals surface area contributed by atoms with E-state index in [1.165, 1.54) is 7.11 Å². The van der Waals surface area contributed by atoms with Crippen molar-refractivity contribution in [1.29, 1.82) is 0 Å². The van der Waals surface area contributed by atoms with Gasteiger partial charge in [-0.1, -0.05) is 25.1 Å². The molecule has 6 heteroatoms. The molecule has 0 heterocycles. The molecule has 144 valence electrons. The minimum Gasteiger partial charge on any atom is -0.496 e. The normalized spacial score (nSPS) is 11.9. The third kappa shape index (κ3) is 5.08. The van der Waals surface area contributed by atoms with Crippen LogP contribution in [0.4, 0.5) is 0 Å². The molecule has 6 nitrogen and oxygen atoms in total. The Labute approximate surface area is 160 Å². The van der Waals surface area contributed by atoms with E-state index in [0.29, 0.717) is 23.4 Å². The second kappa shape index (κ2) is 9.19. The summed E-state index contributed by atoms with van der Waals surface area (Å²) in [6.45, 7) is 2.68. The number of carbonyl (C=O) groups is 2. The van der Waals surface area contributed by atoms with Gasteiger partial charge in [0.05, 0.1) is 12.7 Å². The Hall–Kier alpha value is -2.86. The molecule has 27 heavy (non-hydrogen) atoms. The molecule has 0 fully saturated rings. The van der Waals surface area contributed by atoms with Gasteiger partial charge in [0.2, 0.25) is 0 Å². The Kier molecular flexibility index (Phi) is 6.96. The topological polar surface area (TPSA) is 84.7 Å². The number of rotatable bonds is 8. The third-order valence-electron chi connectivity index (χ3n) is 4.62. The number of benzene rings is 2. The van der Waals surface area contributed by atoms with Crippen LogP contribution in [0.2, 0.25) is 0 Å². The fourth-order valence-corrected chi connectivity index (χ4v) is 2.92. The van der Waals surface area contributed by atoms with Crippen LogP contribution >= 0.6 is 0 Å². The molecule has 2 aromatic carbocycles. The van der Waals surface area contributed by atoms with Crippen LogP contribution in [0, 0.1) is 0 Å². The van der Waals surface area contributed by atoms with Crippen molar-refractivity contribution >= 4 is 11.8 Å². The average Bonchev–Trinajstić information content (AvgIpc) is 2.67. The van der Waals surface area contributed by atoms with Crippen molar-refractivity contribution in [3.8, 4) is 16.9 Å². The van der Waals surface area contributed by atoms with Crippen LogP contribution in [-0.4, -0.2) is 50.5 Å². The summed E-state index contributed by atoms with van der Waals surface area (Å²) >= 11 is 0. The summed E-state index contributed by atoms with van der Waals surface area (Å²) in [7, 11) is 5.49. The van der Waals surface area contributed by atoms with Gasteiger partial charge in [-0.15, -0.1) is 0 Å². The van der Waals surface area contributed by atoms with Crippen LogP contribution in [-0.2, 0) is 0 Å². The summed E-state index contributed by atoms with van der Waals surface area (Å²) < 4.78 is 5.17. The van der Waals surface area contributed by atoms with Gasteiger partial charge in [0, 0.05) is 18.2 Å². The Bertz CT molecular complexity index is 818. The number of amides is 2. The van der Waals surface area contributed by atoms with Crippen LogP contribution in [0.1, 0.15) is 34.1 Å². The summed E-state index contributed by atoms with van der Waals surface area (Å²) in [5, 5.41) is 2.98. The fraction of sp³-hybridized carbons (Fsp3) is 0.333. The molecule has 0 unspecified atom stereocenters. The molecule has 0 radical (unpaired) electrons. The fourth-order valence-electron chi connectivity index (χ4n) is 2.92. The van der Waals surface area contributed by atoms with Gasteiger partial charge in [0.25, 0.3) is 11.8 Å². The highest BCUT2D eigenvalue weighted by Gasteiger charge is 2.14. The Balaban J connectivity index is 2.23. The minimum absolute atomic E-state index is 0.124. The van der Waals surface area contributed by atoms with Crippen LogP contribution in [0.3, 0.4) is 0 Å². The Morgan fingerprint density at radius 3 is 2.44 bits per heavy atom. The van der Waals surface area contributed by atoms with Gasteiger partial charge < -0.3 is 20.7 Å². The van der Waals surface area contributed by atoms with Crippen molar-refractivity contribution in [1.82, 2.24) is 10.2 Å². The Morgan fingerprint density at radius 1 is 1.15 bits per heavy atom. The van der Waals surface area contributed by atoms with E-state index in [4.69, 9.17) is 10.5 Å².